The van der Waals surface area contributed by atoms with E-state index in [-0.39, 0.29) is 5.41 Å². The van der Waals surface area contributed by atoms with Gasteiger partial charge in [0.25, 0.3) is 11.4 Å². The van der Waals surface area contributed by atoms with Crippen molar-refractivity contribution in [2.24, 2.45) is 0 Å². The number of halogens is 2. The summed E-state index contributed by atoms with van der Waals surface area (Å²) in [4.78, 5) is 4.86. The lowest BCUT2D eigenvalue weighted by Crippen LogP contribution is -2.12. The summed E-state index contributed by atoms with van der Waals surface area (Å²) < 4.78 is 43.0. The van der Waals surface area contributed by atoms with Crippen LogP contribution < -0.4 is 13.9 Å². The number of nitrogens with zero attached hydrogens (tertiary/aromatic N) is 4. The Balaban J connectivity index is 1.12. The number of fused-ring (bicyclic) bond motifs is 4. The van der Waals surface area contributed by atoms with Crippen LogP contribution in [0.4, 0.5) is 31.5 Å². The van der Waals surface area contributed by atoms with Crippen molar-refractivity contribution in [2.75, 3.05) is 0 Å². The molecule has 0 N–H and O–H groups in total. The highest BCUT2D eigenvalue weighted by atomic mass is 19.1. The molecule has 2 aromatic heterocycles. The summed E-state index contributed by atoms with van der Waals surface area (Å²) in [5.74, 6) is 1.50. The summed E-state index contributed by atoms with van der Waals surface area (Å²) in [5.41, 5.74) is 12.1. The van der Waals surface area contributed by atoms with E-state index in [1.807, 2.05) is 69.9 Å². The Morgan fingerprint density at radius 1 is 0.569 bits per heavy atom. The zero-order valence-electron chi connectivity index (χ0n) is 37.7. The second-order valence-corrected chi connectivity index (χ2v) is 18.6. The Morgan fingerprint density at radius 3 is 1.88 bits per heavy atom. The average Bonchev–Trinajstić information content (AvgIpc) is 3.84. The van der Waals surface area contributed by atoms with Gasteiger partial charge in [0.1, 0.15) is 29.0 Å². The quantitative estimate of drug-likeness (QED) is 0.136. The molecule has 0 unspecified atom stereocenters. The van der Waals surface area contributed by atoms with Crippen molar-refractivity contribution < 1.29 is 13.5 Å². The number of benzene rings is 7. The Bertz CT molecular complexity index is 3370. The van der Waals surface area contributed by atoms with Gasteiger partial charge in [-0.1, -0.05) is 109 Å². The number of aromatic nitrogens is 2. The van der Waals surface area contributed by atoms with E-state index in [0.717, 1.165) is 67.6 Å². The second-order valence-electron chi connectivity index (χ2n) is 18.6. The first kappa shape index (κ1) is 41.5. The van der Waals surface area contributed by atoms with Crippen molar-refractivity contribution in [3.05, 3.63) is 192 Å². The van der Waals surface area contributed by atoms with Gasteiger partial charge < -0.3 is 4.74 Å². The fraction of sp³-hybridized carbons (Fsp3) is 0.172. The van der Waals surface area contributed by atoms with Gasteiger partial charge in [0.2, 0.25) is 11.4 Å². The molecule has 0 saturated carbocycles. The fourth-order valence-electron chi connectivity index (χ4n) is 8.97. The van der Waals surface area contributed by atoms with Crippen molar-refractivity contribution in [3.63, 3.8) is 0 Å². The molecule has 0 amide bonds. The lowest BCUT2D eigenvalue weighted by Gasteiger charge is -2.20. The topological polar surface area (TPSA) is 33.1 Å². The molecule has 0 bridgehead atoms. The highest BCUT2D eigenvalue weighted by Crippen LogP contribution is 2.46. The minimum Gasteiger partial charge on any atom is -0.457 e. The number of pyridine rings is 1. The molecule has 0 atom stereocenters. The van der Waals surface area contributed by atoms with Gasteiger partial charge in [0.05, 0.1) is 28.2 Å². The van der Waals surface area contributed by atoms with Crippen molar-refractivity contribution in [1.82, 2.24) is 18.7 Å². The molecule has 65 heavy (non-hydrogen) atoms. The molecular formula is C58H50F2N4O+2. The second kappa shape index (κ2) is 16.3. The van der Waals surface area contributed by atoms with Gasteiger partial charge in [-0.3, -0.25) is 4.57 Å². The first-order chi connectivity index (χ1) is 31.3. The van der Waals surface area contributed by atoms with Gasteiger partial charge in [0, 0.05) is 47.3 Å². The van der Waals surface area contributed by atoms with E-state index in [1.54, 1.807) is 0 Å². The first-order valence-corrected chi connectivity index (χ1v) is 22.3. The zero-order valence-corrected chi connectivity index (χ0v) is 37.7. The van der Waals surface area contributed by atoms with Crippen LogP contribution in [0, 0.1) is 11.6 Å². The highest BCUT2D eigenvalue weighted by molar-refractivity contribution is 6.09. The van der Waals surface area contributed by atoms with Gasteiger partial charge >= 0.3 is 6.01 Å². The molecule has 1 aliphatic rings. The van der Waals surface area contributed by atoms with E-state index in [1.165, 1.54) is 28.8 Å². The molecule has 9 aromatic rings. The monoisotopic (exact) mass is 856 g/mol. The SMILES string of the molecule is CC(C)c1cc(-c2cccc(-c3cc(F)cc(F)c3)c2[N+]2=C=[N+](c3cccc(Oc4ccc5c6ccccc6n(-c6cc(C(C)(C)C)ccn6)c5c4)c3)c3ccccc32)cc(C(C)C)c1. The minimum absolute atomic E-state index is 0.0409. The lowest BCUT2D eigenvalue weighted by molar-refractivity contribution is 0.483. The Morgan fingerprint density at radius 2 is 1.18 bits per heavy atom. The van der Waals surface area contributed by atoms with Crippen LogP contribution in [-0.2, 0) is 5.41 Å². The van der Waals surface area contributed by atoms with Crippen LogP contribution in [0.2, 0.25) is 0 Å². The van der Waals surface area contributed by atoms with Gasteiger partial charge in [-0.2, -0.15) is 0 Å². The summed E-state index contributed by atoms with van der Waals surface area (Å²) in [5, 5.41) is 2.25. The lowest BCUT2D eigenvalue weighted by atomic mass is 9.88. The first-order valence-electron chi connectivity index (χ1n) is 22.3. The molecular weight excluding hydrogens is 807 g/mol. The third-order valence-electron chi connectivity index (χ3n) is 12.4. The summed E-state index contributed by atoms with van der Waals surface area (Å²) in [7, 11) is 0. The van der Waals surface area contributed by atoms with Crippen LogP contribution in [0.15, 0.2) is 164 Å². The molecule has 0 radical (unpaired) electrons. The van der Waals surface area contributed by atoms with Crippen molar-refractivity contribution in [2.45, 2.75) is 65.7 Å². The van der Waals surface area contributed by atoms with Gasteiger partial charge in [-0.05, 0) is 115 Å². The maximum atomic E-state index is 15.0. The zero-order chi connectivity index (χ0) is 45.1. The van der Waals surface area contributed by atoms with E-state index in [4.69, 9.17) is 9.72 Å². The van der Waals surface area contributed by atoms with Crippen molar-refractivity contribution in [3.8, 4) is 39.6 Å². The predicted molar refractivity (Wildman–Crippen MR) is 264 cm³/mol. The third-order valence-corrected chi connectivity index (χ3v) is 12.4. The Hall–Kier alpha value is -7.47. The molecule has 5 nitrogen and oxygen atoms in total. The summed E-state index contributed by atoms with van der Waals surface area (Å²) in [6.07, 6.45) is 1.89. The molecule has 320 valence electrons. The van der Waals surface area contributed by atoms with Gasteiger partial charge in [-0.15, -0.1) is 0 Å². The molecule has 0 aliphatic carbocycles. The molecule has 0 spiro atoms. The Kier molecular flexibility index (Phi) is 10.4. The van der Waals surface area contributed by atoms with Crippen LogP contribution >= 0.6 is 0 Å². The standard InChI is InChI=1S/C58H50F2N4O/c1-36(2)38-26-39(37(3)4)28-40(27-38)48-17-13-18-49(41-29-43(59)32-44(60)30-41)57(48)63-35-62(53-20-10-11-21-54(53)63)45-14-12-15-46(33-45)65-47-22-23-51-50-16-8-9-19-52(50)64(55(51)34-47)56-31-42(24-25-61-56)58(5,6)7/h8-34,36-37H,1-7H3/q+2. The normalized spacial score (nSPS) is 12.6. The number of hydrogen-bond donors (Lipinski definition) is 0. The van der Waals surface area contributed by atoms with E-state index in [9.17, 15) is 0 Å². The molecule has 3 heterocycles. The molecule has 0 fully saturated rings. The van der Waals surface area contributed by atoms with Crippen LogP contribution in [0.3, 0.4) is 0 Å². The largest absolute Gasteiger partial charge is 0.503 e. The highest BCUT2D eigenvalue weighted by Gasteiger charge is 2.39. The fourth-order valence-corrected chi connectivity index (χ4v) is 8.97. The predicted octanol–water partition coefficient (Wildman–Crippen LogP) is 16.0. The molecule has 10 rings (SSSR count). The van der Waals surface area contributed by atoms with E-state index in [2.05, 4.69) is 144 Å². The molecule has 7 heteroatoms. The van der Waals surface area contributed by atoms with Gasteiger partial charge in [0.15, 0.2) is 0 Å². The Labute approximate surface area is 378 Å². The maximum absolute atomic E-state index is 15.0. The number of ether oxygens (including phenoxy) is 1. The third kappa shape index (κ3) is 7.72. The number of rotatable bonds is 9. The average molecular weight is 857 g/mol. The number of hydrogen-bond acceptors (Lipinski definition) is 2. The molecule has 7 aromatic carbocycles. The van der Waals surface area contributed by atoms with Crippen LogP contribution in [0.5, 0.6) is 11.5 Å². The maximum Gasteiger partial charge on any atom is 0.503 e. The van der Waals surface area contributed by atoms with Crippen LogP contribution in [-0.4, -0.2) is 15.6 Å². The molecule has 0 saturated heterocycles. The van der Waals surface area contributed by atoms with Crippen molar-refractivity contribution in [1.29, 1.82) is 0 Å². The minimum atomic E-state index is -0.638. The summed E-state index contributed by atoms with van der Waals surface area (Å²) in [6.45, 7) is 15.4. The molecule has 1 aliphatic heterocycles. The summed E-state index contributed by atoms with van der Waals surface area (Å²) in [6, 6.07) is 55.2. The smallest absolute Gasteiger partial charge is 0.457 e. The van der Waals surface area contributed by atoms with Gasteiger partial charge in [-0.25, -0.2) is 13.8 Å². The van der Waals surface area contributed by atoms with Crippen molar-refractivity contribution >= 4 is 50.6 Å². The van der Waals surface area contributed by atoms with E-state index >= 15 is 8.78 Å². The number of para-hydroxylation sites is 4. The van der Waals surface area contributed by atoms with E-state index < -0.39 is 11.6 Å². The van der Waals surface area contributed by atoms with Crippen LogP contribution in [0.1, 0.15) is 77.0 Å². The van der Waals surface area contributed by atoms with Crippen LogP contribution in [0.25, 0.3) is 49.9 Å². The van der Waals surface area contributed by atoms with E-state index in [0.29, 0.717) is 34.5 Å². The summed E-state index contributed by atoms with van der Waals surface area (Å²) >= 11 is 0.